The Hall–Kier alpha value is -7.44. The predicted molar refractivity (Wildman–Crippen MR) is 264 cm³/mol. The van der Waals surface area contributed by atoms with Crippen molar-refractivity contribution in [3.8, 4) is 0 Å². The first kappa shape index (κ1) is 34.4. The van der Waals surface area contributed by atoms with Crippen molar-refractivity contribution in [3.05, 3.63) is 206 Å². The number of thiophene rings is 2. The molecule has 13 aromatic rings. The van der Waals surface area contributed by atoms with Gasteiger partial charge >= 0.3 is 0 Å². The smallest absolute Gasteiger partial charge is 0.136 e. The molecule has 0 atom stereocenters. The lowest BCUT2D eigenvalue weighted by molar-refractivity contribution is 0.670. The normalized spacial score (nSPS) is 11.9. The summed E-state index contributed by atoms with van der Waals surface area (Å²) in [6, 6.07) is 75.0. The maximum Gasteiger partial charge on any atom is 0.136 e. The van der Waals surface area contributed by atoms with E-state index in [-0.39, 0.29) is 0 Å². The van der Waals surface area contributed by atoms with Crippen LogP contribution in [0, 0.1) is 0 Å². The highest BCUT2D eigenvalue weighted by Crippen LogP contribution is 2.44. The van der Waals surface area contributed by atoms with Gasteiger partial charge in [0.25, 0.3) is 0 Å². The molecular weight excluding hydrogens is 781 g/mol. The summed E-state index contributed by atoms with van der Waals surface area (Å²) in [5, 5.41) is 12.0. The highest BCUT2D eigenvalue weighted by molar-refractivity contribution is 7.26. The molecule has 0 aliphatic carbocycles. The van der Waals surface area contributed by atoms with Crippen molar-refractivity contribution in [2.24, 2.45) is 0 Å². The molecule has 13 rings (SSSR count). The molecule has 61 heavy (non-hydrogen) atoms. The zero-order chi connectivity index (χ0) is 40.0. The van der Waals surface area contributed by atoms with Gasteiger partial charge in [0.15, 0.2) is 0 Å². The van der Waals surface area contributed by atoms with Crippen molar-refractivity contribution in [3.63, 3.8) is 0 Å². The zero-order valence-electron chi connectivity index (χ0n) is 32.7. The van der Waals surface area contributed by atoms with Crippen molar-refractivity contribution in [1.29, 1.82) is 0 Å². The SMILES string of the molecule is c1ccc(N(c2ccc3cc4c(cc3c2)oc2cc3cc(N(c5ccccc5)c5ccc6sc7ccccc7c6c5)ccc3cc24)c2ccc3sc4ccccc4c3c2)cc1. The fraction of sp³-hybridized carbons (Fsp3) is 0. The number of anilines is 6. The van der Waals surface area contributed by atoms with Crippen LogP contribution in [0.25, 0.3) is 83.8 Å². The van der Waals surface area contributed by atoms with E-state index in [0.717, 1.165) is 66.8 Å². The maximum atomic E-state index is 6.74. The van der Waals surface area contributed by atoms with Gasteiger partial charge in [-0.2, -0.15) is 0 Å². The highest BCUT2D eigenvalue weighted by Gasteiger charge is 2.19. The minimum Gasteiger partial charge on any atom is -0.456 e. The van der Waals surface area contributed by atoms with Gasteiger partial charge in [-0.25, -0.2) is 0 Å². The Labute approximate surface area is 359 Å². The number of para-hydroxylation sites is 2. The van der Waals surface area contributed by atoms with Gasteiger partial charge in [0.05, 0.1) is 0 Å². The van der Waals surface area contributed by atoms with Gasteiger partial charge in [-0.3, -0.25) is 0 Å². The molecule has 0 bridgehead atoms. The molecule has 0 saturated heterocycles. The Balaban J connectivity index is 0.919. The molecular formula is C56H34N2OS2. The Morgan fingerprint density at radius 3 is 1.13 bits per heavy atom. The summed E-state index contributed by atoms with van der Waals surface area (Å²) >= 11 is 3.70. The quantitative estimate of drug-likeness (QED) is 0.167. The molecule has 10 aromatic carbocycles. The van der Waals surface area contributed by atoms with Crippen LogP contribution in [-0.2, 0) is 0 Å². The van der Waals surface area contributed by atoms with Crippen LogP contribution in [-0.4, -0.2) is 0 Å². The molecule has 0 amide bonds. The minimum atomic E-state index is 0.884. The Morgan fingerprint density at radius 1 is 0.262 bits per heavy atom. The number of hydrogen-bond acceptors (Lipinski definition) is 5. The number of nitrogens with zero attached hydrogens (tertiary/aromatic N) is 2. The van der Waals surface area contributed by atoms with Crippen LogP contribution in [0.5, 0.6) is 0 Å². The molecule has 0 unspecified atom stereocenters. The monoisotopic (exact) mass is 814 g/mol. The average Bonchev–Trinajstić information content (AvgIpc) is 3.98. The molecule has 3 heterocycles. The maximum absolute atomic E-state index is 6.74. The van der Waals surface area contributed by atoms with Crippen LogP contribution in [0.3, 0.4) is 0 Å². The van der Waals surface area contributed by atoms with Crippen molar-refractivity contribution >= 4 is 141 Å². The largest absolute Gasteiger partial charge is 0.456 e. The number of hydrogen-bond donors (Lipinski definition) is 0. The van der Waals surface area contributed by atoms with Gasteiger partial charge in [0.2, 0.25) is 0 Å². The number of furan rings is 1. The third-order valence-corrected chi connectivity index (χ3v) is 14.4. The lowest BCUT2D eigenvalue weighted by Crippen LogP contribution is -2.09. The van der Waals surface area contributed by atoms with E-state index in [9.17, 15) is 0 Å². The third-order valence-electron chi connectivity index (χ3n) is 12.1. The third kappa shape index (κ3) is 5.62. The van der Waals surface area contributed by atoms with Crippen LogP contribution in [0.1, 0.15) is 0 Å². The summed E-state index contributed by atoms with van der Waals surface area (Å²) in [6.45, 7) is 0. The first-order valence-electron chi connectivity index (χ1n) is 20.6. The van der Waals surface area contributed by atoms with Crippen LogP contribution in [0.2, 0.25) is 0 Å². The Morgan fingerprint density at radius 2 is 0.656 bits per heavy atom. The first-order valence-corrected chi connectivity index (χ1v) is 22.2. The lowest BCUT2D eigenvalue weighted by Gasteiger charge is -2.26. The molecule has 0 spiro atoms. The number of benzene rings is 10. The molecule has 3 nitrogen and oxygen atoms in total. The van der Waals surface area contributed by atoms with Crippen molar-refractivity contribution in [1.82, 2.24) is 0 Å². The van der Waals surface area contributed by atoms with E-state index < -0.39 is 0 Å². The van der Waals surface area contributed by atoms with Gasteiger partial charge < -0.3 is 14.2 Å². The number of rotatable bonds is 6. The summed E-state index contributed by atoms with van der Waals surface area (Å²) in [4.78, 5) is 4.72. The summed E-state index contributed by atoms with van der Waals surface area (Å²) in [6.07, 6.45) is 0. The molecule has 3 aromatic heterocycles. The minimum absolute atomic E-state index is 0.884. The topological polar surface area (TPSA) is 19.6 Å². The highest BCUT2D eigenvalue weighted by atomic mass is 32.1. The van der Waals surface area contributed by atoms with Gasteiger partial charge in [-0.05, 0) is 143 Å². The van der Waals surface area contributed by atoms with E-state index in [4.69, 9.17) is 4.42 Å². The van der Waals surface area contributed by atoms with Crippen LogP contribution >= 0.6 is 22.7 Å². The fourth-order valence-electron chi connectivity index (χ4n) is 9.27. The van der Waals surface area contributed by atoms with Gasteiger partial charge in [-0.15, -0.1) is 22.7 Å². The molecule has 5 heteroatoms. The average molecular weight is 815 g/mol. The second-order valence-corrected chi connectivity index (χ2v) is 17.9. The molecule has 0 aliphatic heterocycles. The molecule has 0 N–H and O–H groups in total. The van der Waals surface area contributed by atoms with E-state index >= 15 is 0 Å². The fourth-order valence-corrected chi connectivity index (χ4v) is 11.4. The van der Waals surface area contributed by atoms with Crippen molar-refractivity contribution in [2.45, 2.75) is 0 Å². The zero-order valence-corrected chi connectivity index (χ0v) is 34.4. The van der Waals surface area contributed by atoms with E-state index in [1.807, 2.05) is 22.7 Å². The van der Waals surface area contributed by atoms with Crippen molar-refractivity contribution in [2.75, 3.05) is 9.80 Å². The summed E-state index contributed by atoms with van der Waals surface area (Å²) in [5.41, 5.74) is 8.45. The van der Waals surface area contributed by atoms with Gasteiger partial charge in [0.1, 0.15) is 11.2 Å². The van der Waals surface area contributed by atoms with E-state index in [1.165, 1.54) is 51.1 Å². The van der Waals surface area contributed by atoms with Gasteiger partial charge in [0, 0.05) is 85.2 Å². The van der Waals surface area contributed by atoms with E-state index in [1.54, 1.807) is 0 Å². The molecule has 0 aliphatic rings. The molecule has 0 fully saturated rings. The first-order chi connectivity index (χ1) is 30.2. The number of fused-ring (bicyclic) bond motifs is 11. The molecule has 0 radical (unpaired) electrons. The standard InChI is InChI=1S/C56H34N2OS2/c1-3-11-39(12-4-1)57(43-23-25-55-49(33-43)45-15-7-9-17-53(45)60-55)41-21-19-35-29-47-48-30-36-20-22-42(28-38(36)32-52(48)59-51(47)31-37(35)27-41)58(40-13-5-2-6-14-40)44-24-26-56-50(34-44)46-16-8-10-18-54(46)61-56/h1-34H. The van der Waals surface area contributed by atoms with Crippen LogP contribution < -0.4 is 9.80 Å². The van der Waals surface area contributed by atoms with Crippen LogP contribution in [0.15, 0.2) is 211 Å². The Bertz CT molecular complexity index is 3590. The Kier molecular flexibility index (Phi) is 7.65. The summed E-state index contributed by atoms with van der Waals surface area (Å²) in [5.74, 6) is 0. The van der Waals surface area contributed by atoms with E-state index in [0.29, 0.717) is 0 Å². The van der Waals surface area contributed by atoms with Crippen molar-refractivity contribution < 1.29 is 4.42 Å². The predicted octanol–water partition coefficient (Wildman–Crippen LogP) is 17.6. The second kappa shape index (κ2) is 13.5. The molecule has 0 saturated carbocycles. The summed E-state index contributed by atoms with van der Waals surface area (Å²) < 4.78 is 12.0. The van der Waals surface area contributed by atoms with Gasteiger partial charge in [-0.1, -0.05) is 84.9 Å². The second-order valence-electron chi connectivity index (χ2n) is 15.8. The molecule has 286 valence electrons. The van der Waals surface area contributed by atoms with E-state index in [2.05, 4.69) is 216 Å². The lowest BCUT2D eigenvalue weighted by atomic mass is 10.0. The van der Waals surface area contributed by atoms with Crippen LogP contribution in [0.4, 0.5) is 34.1 Å². The summed E-state index contributed by atoms with van der Waals surface area (Å²) in [7, 11) is 0.